The van der Waals surface area contributed by atoms with Gasteiger partial charge in [0.2, 0.25) is 0 Å². The van der Waals surface area contributed by atoms with Gasteiger partial charge in [0.15, 0.2) is 9.84 Å². The Hall–Kier alpha value is -1.07. The molecule has 3 unspecified atom stereocenters. The van der Waals surface area contributed by atoms with E-state index in [0.29, 0.717) is 23.0 Å². The van der Waals surface area contributed by atoms with Gasteiger partial charge < -0.3 is 10.1 Å². The van der Waals surface area contributed by atoms with Crippen molar-refractivity contribution in [2.24, 2.45) is 11.3 Å². The zero-order valence-corrected chi connectivity index (χ0v) is 12.9. The van der Waals surface area contributed by atoms with Crippen molar-refractivity contribution in [3.8, 4) is 0 Å². The monoisotopic (exact) mass is 295 g/mol. The first-order chi connectivity index (χ1) is 9.30. The zero-order chi connectivity index (χ0) is 14.5. The van der Waals surface area contributed by atoms with Gasteiger partial charge in [-0.3, -0.25) is 0 Å². The minimum absolute atomic E-state index is 0.0856. The highest BCUT2D eigenvalue weighted by Crippen LogP contribution is 2.53. The first-order valence-electron chi connectivity index (χ1n) is 6.98. The standard InChI is InChI=1S/C15H21NO3S/c1-15(2)13(12-7-8-19-14(12)15)16-10-5-4-6-11(9-10)20(3,17)18/h4-6,9,12-14,16H,7-8H2,1-3H3. The molecule has 110 valence electrons. The Morgan fingerprint density at radius 3 is 2.80 bits per heavy atom. The highest BCUT2D eigenvalue weighted by atomic mass is 32.2. The number of fused-ring (bicyclic) bond motifs is 1. The Morgan fingerprint density at radius 2 is 2.10 bits per heavy atom. The lowest BCUT2D eigenvalue weighted by molar-refractivity contribution is -0.0923. The Balaban J connectivity index is 1.82. The summed E-state index contributed by atoms with van der Waals surface area (Å²) in [6, 6.07) is 7.40. The number of anilines is 1. The second kappa shape index (κ2) is 4.46. The summed E-state index contributed by atoms with van der Waals surface area (Å²) in [4.78, 5) is 0.360. The molecule has 1 aromatic rings. The molecule has 3 atom stereocenters. The summed E-state index contributed by atoms with van der Waals surface area (Å²) in [5.74, 6) is 0.534. The number of benzene rings is 1. The molecule has 1 N–H and O–H groups in total. The van der Waals surface area contributed by atoms with E-state index < -0.39 is 9.84 Å². The molecule has 1 aliphatic heterocycles. The maximum absolute atomic E-state index is 11.6. The first kappa shape index (κ1) is 13.9. The molecule has 0 amide bonds. The summed E-state index contributed by atoms with van der Waals surface area (Å²) < 4.78 is 29.0. The van der Waals surface area contributed by atoms with Gasteiger partial charge in [-0.1, -0.05) is 19.9 Å². The Kier molecular flexibility index (Phi) is 3.10. The lowest BCUT2D eigenvalue weighted by Crippen LogP contribution is -2.63. The van der Waals surface area contributed by atoms with Crippen molar-refractivity contribution in [2.75, 3.05) is 18.2 Å². The zero-order valence-electron chi connectivity index (χ0n) is 12.1. The van der Waals surface area contributed by atoms with Crippen molar-refractivity contribution in [1.29, 1.82) is 0 Å². The normalized spacial score (nSPS) is 31.4. The van der Waals surface area contributed by atoms with Crippen molar-refractivity contribution >= 4 is 15.5 Å². The Morgan fingerprint density at radius 1 is 1.35 bits per heavy atom. The molecule has 3 rings (SSSR count). The summed E-state index contributed by atoms with van der Waals surface area (Å²) in [5, 5.41) is 3.51. The fourth-order valence-electron chi connectivity index (χ4n) is 3.61. The average molecular weight is 295 g/mol. The highest BCUT2D eigenvalue weighted by Gasteiger charge is 2.59. The number of rotatable bonds is 3. The topological polar surface area (TPSA) is 55.4 Å². The van der Waals surface area contributed by atoms with Crippen LogP contribution in [0.4, 0.5) is 5.69 Å². The van der Waals surface area contributed by atoms with Gasteiger partial charge in [-0.05, 0) is 24.6 Å². The van der Waals surface area contributed by atoms with Crippen LogP contribution in [0.1, 0.15) is 20.3 Å². The van der Waals surface area contributed by atoms with E-state index in [-0.39, 0.29) is 5.41 Å². The van der Waals surface area contributed by atoms with Crippen LogP contribution in [0.5, 0.6) is 0 Å². The van der Waals surface area contributed by atoms with Crippen LogP contribution in [-0.4, -0.2) is 33.4 Å². The summed E-state index contributed by atoms with van der Waals surface area (Å²) in [7, 11) is -3.16. The summed E-state index contributed by atoms with van der Waals surface area (Å²) in [6.45, 7) is 5.25. The maximum atomic E-state index is 11.6. The van der Waals surface area contributed by atoms with E-state index in [1.807, 2.05) is 6.07 Å². The van der Waals surface area contributed by atoms with Gasteiger partial charge in [-0.2, -0.15) is 0 Å². The second-order valence-corrected chi connectivity index (χ2v) is 8.50. The number of hydrogen-bond donors (Lipinski definition) is 1. The van der Waals surface area contributed by atoms with Gasteiger partial charge in [0.05, 0.1) is 11.0 Å². The summed E-state index contributed by atoms with van der Waals surface area (Å²) in [5.41, 5.74) is 0.957. The van der Waals surface area contributed by atoms with E-state index in [1.54, 1.807) is 18.2 Å². The van der Waals surface area contributed by atoms with Gasteiger partial charge >= 0.3 is 0 Å². The van der Waals surface area contributed by atoms with Crippen molar-refractivity contribution in [2.45, 2.75) is 37.3 Å². The summed E-state index contributed by atoms with van der Waals surface area (Å²) in [6.07, 6.45) is 2.65. The van der Waals surface area contributed by atoms with E-state index in [0.717, 1.165) is 18.7 Å². The molecule has 4 nitrogen and oxygen atoms in total. The highest BCUT2D eigenvalue weighted by molar-refractivity contribution is 7.90. The minimum atomic E-state index is -3.16. The van der Waals surface area contributed by atoms with Crippen LogP contribution in [0, 0.1) is 11.3 Å². The fourth-order valence-corrected chi connectivity index (χ4v) is 4.28. The van der Waals surface area contributed by atoms with E-state index in [1.165, 1.54) is 6.26 Å². The van der Waals surface area contributed by atoms with Gasteiger partial charge in [0.25, 0.3) is 0 Å². The molecule has 0 spiro atoms. The molecule has 0 bridgehead atoms. The van der Waals surface area contributed by atoms with Crippen LogP contribution < -0.4 is 5.32 Å². The minimum Gasteiger partial charge on any atom is -0.381 e. The van der Waals surface area contributed by atoms with Gasteiger partial charge in [0.1, 0.15) is 0 Å². The molecule has 2 fully saturated rings. The molecular weight excluding hydrogens is 274 g/mol. The van der Waals surface area contributed by atoms with Crippen molar-refractivity contribution in [3.63, 3.8) is 0 Å². The van der Waals surface area contributed by atoms with Gasteiger partial charge in [-0.15, -0.1) is 0 Å². The van der Waals surface area contributed by atoms with E-state index in [9.17, 15) is 8.42 Å². The van der Waals surface area contributed by atoms with Crippen LogP contribution in [-0.2, 0) is 14.6 Å². The van der Waals surface area contributed by atoms with Crippen LogP contribution in [0.15, 0.2) is 29.2 Å². The van der Waals surface area contributed by atoms with Crippen molar-refractivity contribution in [1.82, 2.24) is 0 Å². The molecule has 1 saturated heterocycles. The third kappa shape index (κ3) is 2.13. The predicted molar refractivity (Wildman–Crippen MR) is 78.6 cm³/mol. The number of nitrogens with one attached hydrogen (secondary N) is 1. The molecule has 5 heteroatoms. The SMILES string of the molecule is CC1(C)C(Nc2cccc(S(C)(=O)=O)c2)C2CCOC21. The fraction of sp³-hybridized carbons (Fsp3) is 0.600. The van der Waals surface area contributed by atoms with Crippen LogP contribution >= 0.6 is 0 Å². The molecule has 0 aromatic heterocycles. The third-order valence-corrected chi connectivity index (χ3v) is 5.80. The number of sulfone groups is 1. The quantitative estimate of drug-likeness (QED) is 0.930. The molecule has 1 heterocycles. The molecule has 1 aliphatic carbocycles. The van der Waals surface area contributed by atoms with Crippen LogP contribution in [0.25, 0.3) is 0 Å². The number of ether oxygens (including phenoxy) is 1. The lowest BCUT2D eigenvalue weighted by atomic mass is 9.57. The molecule has 20 heavy (non-hydrogen) atoms. The molecule has 2 aliphatic rings. The van der Waals surface area contributed by atoms with Crippen LogP contribution in [0.3, 0.4) is 0 Å². The maximum Gasteiger partial charge on any atom is 0.175 e. The van der Waals surface area contributed by atoms with Crippen LogP contribution in [0.2, 0.25) is 0 Å². The molecule has 1 aromatic carbocycles. The first-order valence-corrected chi connectivity index (χ1v) is 8.87. The van der Waals surface area contributed by atoms with E-state index in [2.05, 4.69) is 19.2 Å². The molecule has 0 radical (unpaired) electrons. The molecule has 1 saturated carbocycles. The largest absolute Gasteiger partial charge is 0.381 e. The molecular formula is C15H21NO3S. The van der Waals surface area contributed by atoms with Gasteiger partial charge in [-0.25, -0.2) is 8.42 Å². The lowest BCUT2D eigenvalue weighted by Gasteiger charge is -2.55. The van der Waals surface area contributed by atoms with Crippen molar-refractivity contribution < 1.29 is 13.2 Å². The smallest absolute Gasteiger partial charge is 0.175 e. The van der Waals surface area contributed by atoms with Crippen molar-refractivity contribution in [3.05, 3.63) is 24.3 Å². The second-order valence-electron chi connectivity index (χ2n) is 6.49. The summed E-state index contributed by atoms with van der Waals surface area (Å²) >= 11 is 0. The number of hydrogen-bond acceptors (Lipinski definition) is 4. The predicted octanol–water partition coefficient (Wildman–Crippen LogP) is 2.32. The van der Waals surface area contributed by atoms with E-state index in [4.69, 9.17) is 4.74 Å². The Labute approximate surface area is 120 Å². The average Bonchev–Trinajstić information content (AvgIpc) is 2.82. The Bertz CT molecular complexity index is 624. The third-order valence-electron chi connectivity index (χ3n) is 4.68. The van der Waals surface area contributed by atoms with Gasteiger partial charge in [0, 0.05) is 35.9 Å². The van der Waals surface area contributed by atoms with E-state index >= 15 is 0 Å².